The fraction of sp³-hybridized carbons (Fsp3) is 0.200. The molecule has 0 aliphatic rings. The highest BCUT2D eigenvalue weighted by Gasteiger charge is 2.12. The first-order chi connectivity index (χ1) is 12.0. The van der Waals surface area contributed by atoms with Crippen LogP contribution in [-0.4, -0.2) is 17.6 Å². The quantitative estimate of drug-likeness (QED) is 0.635. The molecule has 3 aromatic rings. The minimum atomic E-state index is -0.338. The van der Waals surface area contributed by atoms with Crippen molar-refractivity contribution < 1.29 is 9.53 Å². The third-order valence-corrected chi connectivity index (χ3v) is 4.39. The average Bonchev–Trinajstić information content (AvgIpc) is 2.58. The number of rotatable bonds is 4. The summed E-state index contributed by atoms with van der Waals surface area (Å²) in [6.07, 6.45) is 0. The predicted octanol–water partition coefficient (Wildman–Crippen LogP) is 5.43. The zero-order chi connectivity index (χ0) is 18.0. The molecule has 5 heteroatoms. The van der Waals surface area contributed by atoms with Crippen molar-refractivity contribution in [2.75, 3.05) is 11.9 Å². The smallest absolute Gasteiger partial charge is 0.338 e. The zero-order valence-corrected chi connectivity index (χ0v) is 15.1. The number of pyridine rings is 1. The van der Waals surface area contributed by atoms with Crippen LogP contribution in [0.5, 0.6) is 0 Å². The van der Waals surface area contributed by atoms with Crippen LogP contribution in [0.25, 0.3) is 10.9 Å². The Morgan fingerprint density at radius 2 is 1.96 bits per heavy atom. The molecular formula is C20H19ClN2O2. The number of nitrogens with zero attached hydrogens (tertiary/aromatic N) is 1. The molecule has 1 aromatic heterocycles. The number of carbonyl (C=O) groups excluding carboxylic acids is 1. The van der Waals surface area contributed by atoms with Crippen molar-refractivity contribution >= 4 is 39.8 Å². The maximum absolute atomic E-state index is 12.0. The molecule has 25 heavy (non-hydrogen) atoms. The summed E-state index contributed by atoms with van der Waals surface area (Å²) in [5, 5.41) is 4.98. The van der Waals surface area contributed by atoms with Crippen molar-refractivity contribution in [2.45, 2.75) is 20.8 Å². The van der Waals surface area contributed by atoms with Crippen molar-refractivity contribution in [1.82, 2.24) is 4.98 Å². The molecule has 0 bridgehead atoms. The molecule has 0 saturated carbocycles. The third kappa shape index (κ3) is 3.59. The highest BCUT2D eigenvalue weighted by atomic mass is 35.5. The van der Waals surface area contributed by atoms with Crippen molar-refractivity contribution in [2.24, 2.45) is 0 Å². The number of aryl methyl sites for hydroxylation is 1. The Labute approximate surface area is 151 Å². The standard InChI is InChI=1S/C20H19ClN2O2/c1-4-25-20(24)14-8-9-18-15(11-14)19(10-12(2)22-18)23-17-7-5-6-16(21)13(17)3/h5-11H,4H2,1-3H3,(H,22,23). The van der Waals surface area contributed by atoms with Gasteiger partial charge in [-0.1, -0.05) is 17.7 Å². The predicted molar refractivity (Wildman–Crippen MR) is 102 cm³/mol. The number of benzene rings is 2. The molecule has 2 aromatic carbocycles. The highest BCUT2D eigenvalue weighted by molar-refractivity contribution is 6.31. The summed E-state index contributed by atoms with van der Waals surface area (Å²) in [7, 11) is 0. The van der Waals surface area contributed by atoms with Gasteiger partial charge in [-0.3, -0.25) is 4.98 Å². The lowest BCUT2D eigenvalue weighted by molar-refractivity contribution is 0.0526. The summed E-state index contributed by atoms with van der Waals surface area (Å²) >= 11 is 6.22. The summed E-state index contributed by atoms with van der Waals surface area (Å²) < 4.78 is 5.10. The molecule has 0 aliphatic heterocycles. The number of fused-ring (bicyclic) bond motifs is 1. The van der Waals surface area contributed by atoms with Crippen molar-refractivity contribution in [3.63, 3.8) is 0 Å². The Morgan fingerprint density at radius 3 is 2.72 bits per heavy atom. The van der Waals surface area contributed by atoms with E-state index in [0.717, 1.165) is 33.5 Å². The van der Waals surface area contributed by atoms with Gasteiger partial charge in [-0.25, -0.2) is 4.79 Å². The largest absolute Gasteiger partial charge is 0.462 e. The fourth-order valence-corrected chi connectivity index (χ4v) is 2.87. The second kappa shape index (κ2) is 7.11. The van der Waals surface area contributed by atoms with E-state index < -0.39 is 0 Å². The summed E-state index contributed by atoms with van der Waals surface area (Å²) in [5.41, 5.74) is 4.97. The summed E-state index contributed by atoms with van der Waals surface area (Å²) in [4.78, 5) is 16.6. The molecule has 3 rings (SSSR count). The monoisotopic (exact) mass is 354 g/mol. The van der Waals surface area contributed by atoms with Gasteiger partial charge < -0.3 is 10.1 Å². The van der Waals surface area contributed by atoms with Crippen LogP contribution in [0.2, 0.25) is 5.02 Å². The first kappa shape index (κ1) is 17.2. The van der Waals surface area contributed by atoms with Gasteiger partial charge in [0.25, 0.3) is 0 Å². The van der Waals surface area contributed by atoms with E-state index in [1.54, 1.807) is 13.0 Å². The molecular weight excluding hydrogens is 336 g/mol. The normalized spacial score (nSPS) is 10.7. The van der Waals surface area contributed by atoms with Crippen LogP contribution in [0.15, 0.2) is 42.5 Å². The molecule has 0 fully saturated rings. The molecule has 4 nitrogen and oxygen atoms in total. The lowest BCUT2D eigenvalue weighted by Crippen LogP contribution is -2.05. The van der Waals surface area contributed by atoms with Crippen LogP contribution in [-0.2, 0) is 4.74 Å². The number of hydrogen-bond donors (Lipinski definition) is 1. The molecule has 0 atom stereocenters. The van der Waals surface area contributed by atoms with Gasteiger partial charge in [-0.05, 0) is 62.7 Å². The summed E-state index contributed by atoms with van der Waals surface area (Å²) in [5.74, 6) is -0.338. The van der Waals surface area contributed by atoms with E-state index in [2.05, 4.69) is 10.3 Å². The number of anilines is 2. The van der Waals surface area contributed by atoms with E-state index in [-0.39, 0.29) is 5.97 Å². The van der Waals surface area contributed by atoms with Crippen LogP contribution in [0.1, 0.15) is 28.5 Å². The number of halogens is 1. The fourth-order valence-electron chi connectivity index (χ4n) is 2.69. The van der Waals surface area contributed by atoms with E-state index in [1.165, 1.54) is 0 Å². The Morgan fingerprint density at radius 1 is 1.16 bits per heavy atom. The Hall–Kier alpha value is -2.59. The van der Waals surface area contributed by atoms with E-state index in [1.807, 2.05) is 50.2 Å². The van der Waals surface area contributed by atoms with E-state index in [4.69, 9.17) is 16.3 Å². The average molecular weight is 355 g/mol. The second-order valence-corrected chi connectivity index (χ2v) is 6.21. The zero-order valence-electron chi connectivity index (χ0n) is 14.4. The maximum Gasteiger partial charge on any atom is 0.338 e. The SMILES string of the molecule is CCOC(=O)c1ccc2nc(C)cc(Nc3cccc(Cl)c3C)c2c1. The first-order valence-corrected chi connectivity index (χ1v) is 8.48. The van der Waals surface area contributed by atoms with Crippen molar-refractivity contribution in [3.8, 4) is 0 Å². The second-order valence-electron chi connectivity index (χ2n) is 5.80. The minimum Gasteiger partial charge on any atom is -0.462 e. The number of ether oxygens (including phenoxy) is 1. The van der Waals surface area contributed by atoms with Gasteiger partial charge >= 0.3 is 5.97 Å². The van der Waals surface area contributed by atoms with Crippen LogP contribution in [0.3, 0.4) is 0 Å². The van der Waals surface area contributed by atoms with E-state index in [9.17, 15) is 4.79 Å². The molecule has 1 N–H and O–H groups in total. The first-order valence-electron chi connectivity index (χ1n) is 8.10. The number of aromatic nitrogens is 1. The molecule has 0 radical (unpaired) electrons. The topological polar surface area (TPSA) is 51.2 Å². The van der Waals surface area contributed by atoms with Gasteiger partial charge in [0.05, 0.1) is 17.7 Å². The molecule has 0 spiro atoms. The molecule has 0 aliphatic carbocycles. The highest BCUT2D eigenvalue weighted by Crippen LogP contribution is 2.31. The van der Waals surface area contributed by atoms with Gasteiger partial charge in [0.15, 0.2) is 0 Å². The third-order valence-electron chi connectivity index (χ3n) is 3.98. The molecule has 1 heterocycles. The van der Waals surface area contributed by atoms with Gasteiger partial charge in [0.1, 0.15) is 0 Å². The van der Waals surface area contributed by atoms with Gasteiger partial charge in [0, 0.05) is 27.5 Å². The lowest BCUT2D eigenvalue weighted by atomic mass is 10.1. The van der Waals surface area contributed by atoms with E-state index >= 15 is 0 Å². The number of hydrogen-bond acceptors (Lipinski definition) is 4. The van der Waals surface area contributed by atoms with Crippen molar-refractivity contribution in [3.05, 3.63) is 64.3 Å². The minimum absolute atomic E-state index is 0.338. The van der Waals surface area contributed by atoms with E-state index in [0.29, 0.717) is 17.2 Å². The molecule has 0 amide bonds. The summed E-state index contributed by atoms with van der Waals surface area (Å²) in [6.45, 7) is 6.04. The van der Waals surface area contributed by atoms with Crippen molar-refractivity contribution in [1.29, 1.82) is 0 Å². The van der Waals surface area contributed by atoms with Crippen LogP contribution in [0.4, 0.5) is 11.4 Å². The Kier molecular flexibility index (Phi) is 4.91. The van der Waals surface area contributed by atoms with Crippen LogP contribution >= 0.6 is 11.6 Å². The lowest BCUT2D eigenvalue weighted by Gasteiger charge is -2.14. The van der Waals surface area contributed by atoms with Crippen LogP contribution < -0.4 is 5.32 Å². The Bertz CT molecular complexity index is 954. The molecule has 0 unspecified atom stereocenters. The molecule has 128 valence electrons. The number of esters is 1. The van der Waals surface area contributed by atoms with Gasteiger partial charge in [-0.15, -0.1) is 0 Å². The number of carbonyl (C=O) groups is 1. The van der Waals surface area contributed by atoms with Gasteiger partial charge in [0.2, 0.25) is 0 Å². The van der Waals surface area contributed by atoms with Gasteiger partial charge in [-0.2, -0.15) is 0 Å². The Balaban J connectivity index is 2.11. The molecule has 0 saturated heterocycles. The number of nitrogens with one attached hydrogen (secondary N) is 1. The van der Waals surface area contributed by atoms with Crippen LogP contribution in [0, 0.1) is 13.8 Å². The summed E-state index contributed by atoms with van der Waals surface area (Å²) in [6, 6.07) is 13.1. The maximum atomic E-state index is 12.0.